The molecule has 2 N–H and O–H groups in total. The zero-order valence-electron chi connectivity index (χ0n) is 16.1. The number of pyridine rings is 2. The molecule has 6 nitrogen and oxygen atoms in total. The summed E-state index contributed by atoms with van der Waals surface area (Å²) in [6, 6.07) is 6.89. The van der Waals surface area contributed by atoms with Gasteiger partial charge in [0, 0.05) is 23.7 Å². The van der Waals surface area contributed by atoms with Crippen molar-refractivity contribution >= 4 is 45.8 Å². The zero-order chi connectivity index (χ0) is 20.7. The van der Waals surface area contributed by atoms with E-state index in [9.17, 15) is 4.79 Å². The normalized spacial score (nSPS) is 14.1. The van der Waals surface area contributed by atoms with Crippen LogP contribution in [0.15, 0.2) is 30.5 Å². The van der Waals surface area contributed by atoms with E-state index in [2.05, 4.69) is 9.97 Å². The average Bonchev–Trinajstić information content (AvgIpc) is 3.19. The fraction of sp³-hybridized carbons (Fsp3) is 0.286. The van der Waals surface area contributed by atoms with Crippen LogP contribution in [0.3, 0.4) is 0 Å². The molecule has 3 aromatic rings. The highest BCUT2D eigenvalue weighted by molar-refractivity contribution is 6.34. The van der Waals surface area contributed by atoms with E-state index in [1.807, 2.05) is 19.9 Å². The van der Waals surface area contributed by atoms with Gasteiger partial charge in [-0.05, 0) is 43.2 Å². The summed E-state index contributed by atoms with van der Waals surface area (Å²) in [6.45, 7) is 5.27. The molecule has 1 aliphatic rings. The first-order valence-corrected chi connectivity index (χ1v) is 10.1. The van der Waals surface area contributed by atoms with E-state index in [0.29, 0.717) is 46.8 Å². The summed E-state index contributed by atoms with van der Waals surface area (Å²) < 4.78 is 5.54. The molecule has 0 bridgehead atoms. The number of rotatable bonds is 4. The molecule has 1 amide bonds. The summed E-state index contributed by atoms with van der Waals surface area (Å²) in [4.78, 5) is 23.7. The Labute approximate surface area is 178 Å². The van der Waals surface area contributed by atoms with Crippen LogP contribution in [0.1, 0.15) is 46.9 Å². The molecule has 1 aromatic carbocycles. The number of amides is 1. The van der Waals surface area contributed by atoms with Gasteiger partial charge in [0.15, 0.2) is 0 Å². The van der Waals surface area contributed by atoms with E-state index < -0.39 is 0 Å². The number of nitrogen functional groups attached to an aromatic ring is 1. The van der Waals surface area contributed by atoms with E-state index in [4.69, 9.17) is 33.7 Å². The smallest absolute Gasteiger partial charge is 0.255 e. The van der Waals surface area contributed by atoms with Gasteiger partial charge in [0.1, 0.15) is 11.0 Å². The number of nitrogens with two attached hydrogens (primary N) is 1. The molecule has 0 fully saturated rings. The second-order valence-corrected chi connectivity index (χ2v) is 7.77. The zero-order valence-corrected chi connectivity index (χ0v) is 17.6. The van der Waals surface area contributed by atoms with Crippen molar-refractivity contribution in [2.75, 3.05) is 12.3 Å². The molecule has 0 saturated carbocycles. The Morgan fingerprint density at radius 2 is 2.03 bits per heavy atom. The molecule has 150 valence electrons. The van der Waals surface area contributed by atoms with E-state index in [0.717, 1.165) is 22.1 Å². The fourth-order valence-electron chi connectivity index (χ4n) is 3.72. The lowest BCUT2D eigenvalue weighted by Gasteiger charge is -2.29. The number of carbonyl (C=O) groups is 1. The maximum Gasteiger partial charge on any atom is 0.255 e. The van der Waals surface area contributed by atoms with Crippen LogP contribution in [-0.2, 0) is 18.0 Å². The molecule has 4 rings (SSSR count). The summed E-state index contributed by atoms with van der Waals surface area (Å²) in [5, 5.41) is 1.60. The average molecular weight is 431 g/mol. The number of halogens is 2. The molecule has 8 heteroatoms. The van der Waals surface area contributed by atoms with Crippen molar-refractivity contribution in [3.8, 4) is 0 Å². The largest absolute Gasteiger partial charge is 0.383 e. The summed E-state index contributed by atoms with van der Waals surface area (Å²) >= 11 is 12.4. The first-order chi connectivity index (χ1) is 13.9. The number of carbonyl (C=O) groups excluding carboxylic acids is 1. The van der Waals surface area contributed by atoms with Crippen LogP contribution in [0.4, 0.5) is 5.82 Å². The van der Waals surface area contributed by atoms with Crippen molar-refractivity contribution in [2.45, 2.75) is 33.1 Å². The first-order valence-electron chi connectivity index (χ1n) is 9.31. The molecule has 0 saturated heterocycles. The summed E-state index contributed by atoms with van der Waals surface area (Å²) in [5.41, 5.74) is 9.87. The lowest BCUT2D eigenvalue weighted by molar-refractivity contribution is 0.0702. The topological polar surface area (TPSA) is 81.3 Å². The minimum Gasteiger partial charge on any atom is -0.383 e. The van der Waals surface area contributed by atoms with Crippen molar-refractivity contribution < 1.29 is 9.53 Å². The molecule has 29 heavy (non-hydrogen) atoms. The maximum absolute atomic E-state index is 13.4. The predicted octanol–water partition coefficient (Wildman–Crippen LogP) is 4.77. The molecular formula is C21H20Cl2N4O2. The van der Waals surface area contributed by atoms with Crippen molar-refractivity contribution in [1.29, 1.82) is 0 Å². The van der Waals surface area contributed by atoms with Gasteiger partial charge in [-0.25, -0.2) is 9.97 Å². The predicted molar refractivity (Wildman–Crippen MR) is 114 cm³/mol. The number of aromatic nitrogens is 2. The number of fused-ring (bicyclic) bond motifs is 3. The first kappa shape index (κ1) is 19.9. The fourth-order valence-corrected chi connectivity index (χ4v) is 4.07. The summed E-state index contributed by atoms with van der Waals surface area (Å²) in [7, 11) is 0. The molecule has 0 radical (unpaired) electrons. The maximum atomic E-state index is 13.4. The van der Waals surface area contributed by atoms with Crippen LogP contribution in [0.2, 0.25) is 10.2 Å². The van der Waals surface area contributed by atoms with E-state index >= 15 is 0 Å². The van der Waals surface area contributed by atoms with Crippen molar-refractivity contribution in [3.05, 3.63) is 62.9 Å². The Kier molecular flexibility index (Phi) is 5.34. The highest BCUT2D eigenvalue weighted by atomic mass is 35.5. The molecule has 1 atom stereocenters. The Morgan fingerprint density at radius 3 is 2.72 bits per heavy atom. The Morgan fingerprint density at radius 1 is 1.28 bits per heavy atom. The van der Waals surface area contributed by atoms with E-state index in [1.165, 1.54) is 0 Å². The van der Waals surface area contributed by atoms with Crippen LogP contribution in [0.5, 0.6) is 0 Å². The number of hydrogen-bond acceptors (Lipinski definition) is 5. The highest BCUT2D eigenvalue weighted by Crippen LogP contribution is 2.35. The van der Waals surface area contributed by atoms with Gasteiger partial charge in [-0.15, -0.1) is 0 Å². The van der Waals surface area contributed by atoms with Gasteiger partial charge >= 0.3 is 0 Å². The molecule has 2 aromatic heterocycles. The molecule has 3 heterocycles. The summed E-state index contributed by atoms with van der Waals surface area (Å²) in [6.07, 6.45) is 1.68. The molecule has 1 unspecified atom stereocenters. The standard InChI is InChI=1S/C21H20Cl2N4O2/c1-3-27(11(2)12-4-5-19(23)25-8-12)21(28)14-6-13-15-9-29-10-16(15)20(24)26-18(13)7-17(14)22/h4-8,11H,3,9-10H2,1-2H3,(H2,24,26). The van der Waals surface area contributed by atoms with Crippen molar-refractivity contribution in [2.24, 2.45) is 0 Å². The minimum atomic E-state index is -0.192. The van der Waals surface area contributed by atoms with Gasteiger partial charge in [0.25, 0.3) is 5.91 Å². The molecular weight excluding hydrogens is 411 g/mol. The van der Waals surface area contributed by atoms with Gasteiger partial charge in [0.05, 0.1) is 35.4 Å². The second-order valence-electron chi connectivity index (χ2n) is 6.98. The number of benzene rings is 1. The third-order valence-corrected chi connectivity index (χ3v) is 5.89. The van der Waals surface area contributed by atoms with Crippen LogP contribution in [-0.4, -0.2) is 27.3 Å². The Hall–Kier alpha value is -2.41. The van der Waals surface area contributed by atoms with E-state index in [-0.39, 0.29) is 11.9 Å². The molecule has 1 aliphatic heterocycles. The summed E-state index contributed by atoms with van der Waals surface area (Å²) in [5.74, 6) is 0.283. The Balaban J connectivity index is 1.76. The lowest BCUT2D eigenvalue weighted by atomic mass is 10.0. The lowest BCUT2D eigenvalue weighted by Crippen LogP contribution is -2.33. The van der Waals surface area contributed by atoms with Gasteiger partial charge in [0.2, 0.25) is 0 Å². The second kappa shape index (κ2) is 7.78. The monoisotopic (exact) mass is 430 g/mol. The van der Waals surface area contributed by atoms with Crippen LogP contribution < -0.4 is 5.73 Å². The Bertz CT molecular complexity index is 1100. The number of hydrogen-bond donors (Lipinski definition) is 1. The van der Waals surface area contributed by atoms with Gasteiger partial charge in [-0.3, -0.25) is 4.79 Å². The SMILES string of the molecule is CCN(C(=O)c1cc2c3c(c(N)nc2cc1Cl)COC3)C(C)c1ccc(Cl)nc1. The van der Waals surface area contributed by atoms with E-state index in [1.54, 1.807) is 29.3 Å². The van der Waals surface area contributed by atoms with Gasteiger partial charge in [-0.2, -0.15) is 0 Å². The third kappa shape index (κ3) is 3.52. The van der Waals surface area contributed by atoms with Crippen molar-refractivity contribution in [1.82, 2.24) is 14.9 Å². The van der Waals surface area contributed by atoms with Crippen molar-refractivity contribution in [3.63, 3.8) is 0 Å². The molecule has 0 aliphatic carbocycles. The number of nitrogens with zero attached hydrogens (tertiary/aromatic N) is 3. The number of ether oxygens (including phenoxy) is 1. The number of anilines is 1. The quantitative estimate of drug-likeness (QED) is 0.602. The molecule has 0 spiro atoms. The van der Waals surface area contributed by atoms with Gasteiger partial charge in [-0.1, -0.05) is 29.3 Å². The third-order valence-electron chi connectivity index (χ3n) is 5.35. The van der Waals surface area contributed by atoms with Crippen LogP contribution in [0.25, 0.3) is 10.9 Å². The minimum absolute atomic E-state index is 0.161. The van der Waals surface area contributed by atoms with Crippen LogP contribution >= 0.6 is 23.2 Å². The highest BCUT2D eigenvalue weighted by Gasteiger charge is 2.26. The van der Waals surface area contributed by atoms with Gasteiger partial charge < -0.3 is 15.4 Å². The van der Waals surface area contributed by atoms with Crippen LogP contribution in [0, 0.1) is 0 Å².